The molecule has 0 aliphatic carbocycles. The highest BCUT2D eigenvalue weighted by Gasteiger charge is 2.36. The number of ether oxygens (including phenoxy) is 2. The summed E-state index contributed by atoms with van der Waals surface area (Å²) in [7, 11) is 0. The van der Waals surface area contributed by atoms with Gasteiger partial charge in [-0.25, -0.2) is 4.79 Å². The quantitative estimate of drug-likeness (QED) is 0.828. The highest BCUT2D eigenvalue weighted by molar-refractivity contribution is 6.30. The average Bonchev–Trinajstić information content (AvgIpc) is 2.54. The molecule has 0 unspecified atom stereocenters. The fraction of sp³-hybridized carbons (Fsp3) is 0.0625. The third-order valence-electron chi connectivity index (χ3n) is 3.08. The van der Waals surface area contributed by atoms with E-state index < -0.39 is 23.9 Å². The molecular weight excluding hydrogens is 336 g/mol. The number of barbiturate groups is 1. The highest BCUT2D eigenvalue weighted by atomic mass is 35.5. The van der Waals surface area contributed by atoms with E-state index in [9.17, 15) is 14.4 Å². The van der Waals surface area contributed by atoms with E-state index in [0.29, 0.717) is 16.5 Å². The molecule has 0 bridgehead atoms. The van der Waals surface area contributed by atoms with Crippen LogP contribution in [0.15, 0.2) is 48.5 Å². The van der Waals surface area contributed by atoms with Gasteiger partial charge >= 0.3 is 6.03 Å². The van der Waals surface area contributed by atoms with Crippen molar-refractivity contribution in [1.29, 1.82) is 0 Å². The van der Waals surface area contributed by atoms with E-state index in [1.54, 1.807) is 48.5 Å². The number of amides is 4. The number of imide groups is 2. The second-order valence-electron chi connectivity index (χ2n) is 4.83. The zero-order chi connectivity index (χ0) is 17.1. The summed E-state index contributed by atoms with van der Waals surface area (Å²) in [6, 6.07) is 12.3. The Kier molecular flexibility index (Phi) is 4.35. The maximum Gasteiger partial charge on any atom is 0.328 e. The highest BCUT2D eigenvalue weighted by Crippen LogP contribution is 2.25. The molecule has 24 heavy (non-hydrogen) atoms. The van der Waals surface area contributed by atoms with Crippen molar-refractivity contribution in [2.24, 2.45) is 0 Å². The number of rotatable bonds is 4. The predicted octanol–water partition coefficient (Wildman–Crippen LogP) is 2.25. The van der Waals surface area contributed by atoms with E-state index in [-0.39, 0.29) is 5.75 Å². The van der Waals surface area contributed by atoms with Crippen molar-refractivity contribution in [2.75, 3.05) is 0 Å². The Balaban J connectivity index is 1.66. The smallest absolute Gasteiger partial charge is 0.328 e. The maximum atomic E-state index is 11.6. The minimum atomic E-state index is -1.43. The van der Waals surface area contributed by atoms with Gasteiger partial charge in [0.2, 0.25) is 0 Å². The second-order valence-corrected chi connectivity index (χ2v) is 5.27. The van der Waals surface area contributed by atoms with Crippen LogP contribution >= 0.6 is 11.6 Å². The summed E-state index contributed by atoms with van der Waals surface area (Å²) in [5.41, 5.74) is 0. The van der Waals surface area contributed by atoms with E-state index in [1.165, 1.54) is 0 Å². The summed E-state index contributed by atoms with van der Waals surface area (Å²) in [6.45, 7) is 0. The fourth-order valence-electron chi connectivity index (χ4n) is 1.97. The van der Waals surface area contributed by atoms with Crippen molar-refractivity contribution in [1.82, 2.24) is 10.6 Å². The fourth-order valence-corrected chi connectivity index (χ4v) is 2.10. The van der Waals surface area contributed by atoms with E-state index in [1.807, 2.05) is 10.6 Å². The second kappa shape index (κ2) is 6.59. The molecule has 2 aromatic carbocycles. The minimum absolute atomic E-state index is 0.281. The summed E-state index contributed by atoms with van der Waals surface area (Å²) in [5, 5.41) is 4.52. The van der Waals surface area contributed by atoms with Crippen LogP contribution in [0.1, 0.15) is 0 Å². The van der Waals surface area contributed by atoms with Gasteiger partial charge in [0.05, 0.1) is 0 Å². The lowest BCUT2D eigenvalue weighted by Gasteiger charge is -2.21. The molecule has 7 nitrogen and oxygen atoms in total. The average molecular weight is 347 g/mol. The molecule has 8 heteroatoms. The van der Waals surface area contributed by atoms with E-state index in [0.717, 1.165) is 0 Å². The predicted molar refractivity (Wildman–Crippen MR) is 84.1 cm³/mol. The SMILES string of the molecule is O=C1NC(=O)C(Oc2ccc(Oc3ccc(Cl)cc3)cc2)C(=O)N1. The van der Waals surface area contributed by atoms with Crippen LogP contribution in [-0.4, -0.2) is 23.9 Å². The monoisotopic (exact) mass is 346 g/mol. The van der Waals surface area contributed by atoms with Gasteiger partial charge in [-0.15, -0.1) is 0 Å². The Morgan fingerprint density at radius 1 is 0.750 bits per heavy atom. The molecule has 1 aliphatic heterocycles. The van der Waals surface area contributed by atoms with Crippen LogP contribution in [0, 0.1) is 0 Å². The van der Waals surface area contributed by atoms with Gasteiger partial charge < -0.3 is 9.47 Å². The molecule has 122 valence electrons. The number of urea groups is 1. The Bertz CT molecular complexity index is 769. The molecule has 1 fully saturated rings. The molecule has 0 saturated carbocycles. The molecule has 3 rings (SSSR count). The first kappa shape index (κ1) is 15.8. The standard InChI is InChI=1S/C16H11ClN2O5/c17-9-1-3-10(4-2-9)23-11-5-7-12(8-6-11)24-13-14(20)18-16(22)19-15(13)21/h1-8,13H,(H2,18,19,20,21,22). The molecule has 1 saturated heterocycles. The lowest BCUT2D eigenvalue weighted by Crippen LogP contribution is -2.60. The van der Waals surface area contributed by atoms with E-state index in [4.69, 9.17) is 21.1 Å². The molecule has 2 N–H and O–H groups in total. The Morgan fingerprint density at radius 3 is 1.75 bits per heavy atom. The Labute approximate surface area is 141 Å². The largest absolute Gasteiger partial charge is 0.471 e. The number of carbonyl (C=O) groups excluding carboxylic acids is 3. The lowest BCUT2D eigenvalue weighted by atomic mass is 10.2. The third-order valence-corrected chi connectivity index (χ3v) is 3.33. The molecule has 1 aliphatic rings. The van der Waals surface area contributed by atoms with E-state index >= 15 is 0 Å². The van der Waals surface area contributed by atoms with Gasteiger partial charge in [-0.2, -0.15) is 0 Å². The number of halogens is 1. The van der Waals surface area contributed by atoms with Gasteiger partial charge in [-0.3, -0.25) is 20.2 Å². The molecule has 2 aromatic rings. The van der Waals surface area contributed by atoms with Crippen LogP contribution in [0.25, 0.3) is 0 Å². The van der Waals surface area contributed by atoms with Gasteiger partial charge in [-0.05, 0) is 48.5 Å². The molecule has 0 atom stereocenters. The van der Waals surface area contributed by atoms with Gasteiger partial charge in [0.1, 0.15) is 17.2 Å². The zero-order valence-electron chi connectivity index (χ0n) is 12.1. The van der Waals surface area contributed by atoms with Crippen molar-refractivity contribution >= 4 is 29.4 Å². The number of hydrogen-bond donors (Lipinski definition) is 2. The van der Waals surface area contributed by atoms with Crippen molar-refractivity contribution < 1.29 is 23.9 Å². The van der Waals surface area contributed by atoms with Crippen molar-refractivity contribution in [3.8, 4) is 17.2 Å². The summed E-state index contributed by atoms with van der Waals surface area (Å²) in [6.07, 6.45) is -1.43. The van der Waals surface area contributed by atoms with Gasteiger partial charge in [0, 0.05) is 5.02 Å². The van der Waals surface area contributed by atoms with Gasteiger partial charge in [-0.1, -0.05) is 11.6 Å². The van der Waals surface area contributed by atoms with Crippen LogP contribution in [0.5, 0.6) is 17.2 Å². The maximum absolute atomic E-state index is 11.6. The zero-order valence-corrected chi connectivity index (χ0v) is 12.9. The summed E-state index contributed by atoms with van der Waals surface area (Å²) in [4.78, 5) is 34.2. The lowest BCUT2D eigenvalue weighted by molar-refractivity contribution is -0.139. The third kappa shape index (κ3) is 3.64. The number of nitrogens with one attached hydrogen (secondary N) is 2. The van der Waals surface area contributed by atoms with Crippen molar-refractivity contribution in [2.45, 2.75) is 6.10 Å². The van der Waals surface area contributed by atoms with Crippen LogP contribution in [0.4, 0.5) is 4.79 Å². The van der Waals surface area contributed by atoms with Crippen LogP contribution in [-0.2, 0) is 9.59 Å². The molecule has 1 heterocycles. The topological polar surface area (TPSA) is 93.7 Å². The van der Waals surface area contributed by atoms with E-state index in [2.05, 4.69) is 0 Å². The first-order valence-electron chi connectivity index (χ1n) is 6.87. The first-order chi connectivity index (χ1) is 11.5. The molecule has 0 radical (unpaired) electrons. The molecule has 4 amide bonds. The van der Waals surface area contributed by atoms with Crippen LogP contribution in [0.2, 0.25) is 5.02 Å². The molecule has 0 aromatic heterocycles. The Morgan fingerprint density at radius 2 is 1.21 bits per heavy atom. The van der Waals surface area contributed by atoms with Crippen LogP contribution < -0.4 is 20.1 Å². The number of benzene rings is 2. The molecular formula is C16H11ClN2O5. The summed E-state index contributed by atoms with van der Waals surface area (Å²) >= 11 is 5.80. The summed E-state index contributed by atoms with van der Waals surface area (Å²) < 4.78 is 10.9. The summed E-state index contributed by atoms with van der Waals surface area (Å²) in [5.74, 6) is -0.200. The van der Waals surface area contributed by atoms with Gasteiger partial charge in [0.15, 0.2) is 0 Å². The van der Waals surface area contributed by atoms with Crippen molar-refractivity contribution in [3.63, 3.8) is 0 Å². The van der Waals surface area contributed by atoms with Gasteiger partial charge in [0.25, 0.3) is 17.9 Å². The van der Waals surface area contributed by atoms with Crippen LogP contribution in [0.3, 0.4) is 0 Å². The van der Waals surface area contributed by atoms with Crippen molar-refractivity contribution in [3.05, 3.63) is 53.6 Å². The number of hydrogen-bond acceptors (Lipinski definition) is 5. The normalized spacial score (nSPS) is 14.8. The molecule has 0 spiro atoms. The minimum Gasteiger partial charge on any atom is -0.471 e. The Hall–Kier alpha value is -3.06. The first-order valence-corrected chi connectivity index (χ1v) is 7.25. The number of carbonyl (C=O) groups is 3.